The lowest BCUT2D eigenvalue weighted by molar-refractivity contribution is -0.121. The van der Waals surface area contributed by atoms with Crippen LogP contribution in [-0.2, 0) is 9.53 Å². The monoisotopic (exact) mass is 259 g/mol. The molecule has 10 nitrogen and oxygen atoms in total. The molecular formula is C8H13N5O5. The molecule has 1 rings (SSSR count). The molecule has 10 heteroatoms. The molecule has 0 aromatic carbocycles. The van der Waals surface area contributed by atoms with Gasteiger partial charge in [-0.15, -0.1) is 4.91 Å². The molecule has 2 N–H and O–H groups in total. The Labute approximate surface area is 102 Å². The van der Waals surface area contributed by atoms with Crippen LogP contribution in [-0.4, -0.2) is 36.9 Å². The number of hydrogen-bond acceptors (Lipinski definition) is 9. The molecule has 1 fully saturated rings. The van der Waals surface area contributed by atoms with Gasteiger partial charge in [0.05, 0.1) is 6.10 Å². The van der Waals surface area contributed by atoms with E-state index in [9.17, 15) is 19.5 Å². The first-order chi connectivity index (χ1) is 8.62. The Morgan fingerprint density at radius 2 is 2.06 bits per heavy atom. The first-order valence-corrected chi connectivity index (χ1v) is 5.24. The number of ether oxygens (including phenoxy) is 1. The van der Waals surface area contributed by atoms with Crippen LogP contribution < -0.4 is 10.9 Å². The molecule has 0 spiro atoms. The van der Waals surface area contributed by atoms with Crippen molar-refractivity contribution in [2.45, 2.75) is 37.8 Å². The van der Waals surface area contributed by atoms with Gasteiger partial charge in [0.1, 0.15) is 18.6 Å². The van der Waals surface area contributed by atoms with Gasteiger partial charge in [-0.1, -0.05) is 10.4 Å². The van der Waals surface area contributed by atoms with E-state index in [0.29, 0.717) is 0 Å². The van der Waals surface area contributed by atoms with Gasteiger partial charge in [-0.3, -0.25) is 10.2 Å². The van der Waals surface area contributed by atoms with Crippen molar-refractivity contribution in [2.24, 2.45) is 15.5 Å². The van der Waals surface area contributed by atoms with E-state index in [0.717, 1.165) is 0 Å². The van der Waals surface area contributed by atoms with Crippen molar-refractivity contribution in [1.82, 2.24) is 10.9 Å². The topological polar surface area (TPSA) is 139 Å². The maximum absolute atomic E-state index is 10.8. The number of hydrogen-bond donors (Lipinski definition) is 2. The van der Waals surface area contributed by atoms with Gasteiger partial charge in [0.15, 0.2) is 0 Å². The summed E-state index contributed by atoms with van der Waals surface area (Å²) >= 11 is 0. The van der Waals surface area contributed by atoms with E-state index in [1.165, 1.54) is 6.92 Å². The van der Waals surface area contributed by atoms with Crippen molar-refractivity contribution in [1.29, 1.82) is 0 Å². The molecule has 1 aliphatic rings. The fourth-order valence-electron chi connectivity index (χ4n) is 1.70. The van der Waals surface area contributed by atoms with Crippen LogP contribution in [0.1, 0.15) is 13.3 Å². The quantitative estimate of drug-likeness (QED) is 0.499. The minimum absolute atomic E-state index is 0.124. The third kappa shape index (κ3) is 3.60. The Balaban J connectivity index is 2.72. The maximum Gasteiger partial charge on any atom is 0.230 e. The molecule has 4 unspecified atom stereocenters. The van der Waals surface area contributed by atoms with Crippen molar-refractivity contribution in [2.75, 3.05) is 6.54 Å². The first kappa shape index (κ1) is 14.3. The summed E-state index contributed by atoms with van der Waals surface area (Å²) in [6.07, 6.45) is -1.78. The molecule has 1 aliphatic heterocycles. The molecule has 0 bridgehead atoms. The standard InChI is InChI=1S/C8H13N5O5/c1-4(14)10-11-7-6(12-16)2-5(3-9-15)18-8(7)13-17/h5-8,11H,2-3H2,1H3,(H,10,14). The number of carbonyl (C=O) groups excluding carboxylic acids is 1. The zero-order valence-corrected chi connectivity index (χ0v) is 9.61. The van der Waals surface area contributed by atoms with Gasteiger partial charge < -0.3 is 4.74 Å². The predicted molar refractivity (Wildman–Crippen MR) is 60.1 cm³/mol. The van der Waals surface area contributed by atoms with Gasteiger partial charge in [0.2, 0.25) is 12.1 Å². The summed E-state index contributed by atoms with van der Waals surface area (Å²) in [4.78, 5) is 42.3. The van der Waals surface area contributed by atoms with Crippen molar-refractivity contribution in [3.8, 4) is 0 Å². The highest BCUT2D eigenvalue weighted by molar-refractivity contribution is 5.72. The molecule has 0 aromatic heterocycles. The van der Waals surface area contributed by atoms with Crippen LogP contribution in [0.25, 0.3) is 0 Å². The van der Waals surface area contributed by atoms with E-state index in [2.05, 4.69) is 26.4 Å². The SMILES string of the molecule is CC(=O)NNC1C(N=O)CC(CN=O)OC1N=O. The zero-order valence-electron chi connectivity index (χ0n) is 9.61. The fraction of sp³-hybridized carbons (Fsp3) is 0.875. The van der Waals surface area contributed by atoms with Crippen LogP contribution in [0.15, 0.2) is 15.5 Å². The highest BCUT2D eigenvalue weighted by Crippen LogP contribution is 2.23. The van der Waals surface area contributed by atoms with E-state index < -0.39 is 30.3 Å². The Morgan fingerprint density at radius 1 is 1.33 bits per heavy atom. The van der Waals surface area contributed by atoms with Crippen LogP contribution in [0.4, 0.5) is 0 Å². The third-order valence-corrected chi connectivity index (χ3v) is 2.49. The summed E-state index contributed by atoms with van der Waals surface area (Å²) in [5.74, 6) is -0.402. The summed E-state index contributed by atoms with van der Waals surface area (Å²) in [5, 5.41) is 8.20. The average Bonchev–Trinajstić information content (AvgIpc) is 2.36. The normalized spacial score (nSPS) is 31.4. The minimum atomic E-state index is -1.22. The van der Waals surface area contributed by atoms with Crippen molar-refractivity contribution >= 4 is 5.91 Å². The number of hydrazine groups is 1. The van der Waals surface area contributed by atoms with Crippen LogP contribution in [0.2, 0.25) is 0 Å². The summed E-state index contributed by atoms with van der Waals surface area (Å²) in [7, 11) is 0. The molecule has 1 amide bonds. The van der Waals surface area contributed by atoms with Gasteiger partial charge in [-0.25, -0.2) is 5.43 Å². The molecule has 1 saturated heterocycles. The molecular weight excluding hydrogens is 246 g/mol. The Hall–Kier alpha value is -1.81. The first-order valence-electron chi connectivity index (χ1n) is 5.24. The second-order valence-corrected chi connectivity index (χ2v) is 3.83. The van der Waals surface area contributed by atoms with Crippen molar-refractivity contribution < 1.29 is 9.53 Å². The van der Waals surface area contributed by atoms with Gasteiger partial charge >= 0.3 is 0 Å². The zero-order chi connectivity index (χ0) is 13.5. The lowest BCUT2D eigenvalue weighted by atomic mass is 9.98. The maximum atomic E-state index is 10.8. The molecule has 0 saturated carbocycles. The number of rotatable bonds is 6. The highest BCUT2D eigenvalue weighted by atomic mass is 16.5. The lowest BCUT2D eigenvalue weighted by Gasteiger charge is -2.34. The number of nitroso groups, excluding NO2 is 3. The van der Waals surface area contributed by atoms with Gasteiger partial charge in [0, 0.05) is 13.3 Å². The molecule has 1 heterocycles. The Morgan fingerprint density at radius 3 is 2.56 bits per heavy atom. The van der Waals surface area contributed by atoms with Crippen molar-refractivity contribution in [3.05, 3.63) is 14.7 Å². The summed E-state index contributed by atoms with van der Waals surface area (Å²) in [5.41, 5.74) is 4.70. The van der Waals surface area contributed by atoms with Crippen molar-refractivity contribution in [3.63, 3.8) is 0 Å². The van der Waals surface area contributed by atoms with Crippen LogP contribution in [0.5, 0.6) is 0 Å². The molecule has 0 aliphatic carbocycles. The van der Waals surface area contributed by atoms with Crippen LogP contribution in [0, 0.1) is 14.7 Å². The molecule has 18 heavy (non-hydrogen) atoms. The molecule has 4 atom stereocenters. The van der Waals surface area contributed by atoms with E-state index in [4.69, 9.17) is 4.74 Å². The Bertz CT molecular complexity index is 320. The van der Waals surface area contributed by atoms with E-state index >= 15 is 0 Å². The molecule has 0 radical (unpaired) electrons. The van der Waals surface area contributed by atoms with Crippen LogP contribution in [0.3, 0.4) is 0 Å². The van der Waals surface area contributed by atoms with Gasteiger partial charge in [-0.05, 0) is 5.18 Å². The number of nitrogens with one attached hydrogen (secondary N) is 2. The predicted octanol–water partition coefficient (Wildman–Crippen LogP) is -0.221. The third-order valence-electron chi connectivity index (χ3n) is 2.49. The summed E-state index contributed by atoms with van der Waals surface area (Å²) < 4.78 is 5.17. The van der Waals surface area contributed by atoms with E-state index in [1.54, 1.807) is 0 Å². The highest BCUT2D eigenvalue weighted by Gasteiger charge is 2.41. The van der Waals surface area contributed by atoms with Crippen LogP contribution >= 0.6 is 0 Å². The molecule has 100 valence electrons. The smallest absolute Gasteiger partial charge is 0.230 e. The Kier molecular flexibility index (Phi) is 5.39. The lowest BCUT2D eigenvalue weighted by Crippen LogP contribution is -2.59. The summed E-state index contributed by atoms with van der Waals surface area (Å²) in [6.45, 7) is 1.06. The average molecular weight is 259 g/mol. The number of amides is 1. The number of nitrogens with zero attached hydrogens (tertiary/aromatic N) is 3. The second-order valence-electron chi connectivity index (χ2n) is 3.83. The van der Waals surface area contributed by atoms with Gasteiger partial charge in [-0.2, -0.15) is 9.81 Å². The second kappa shape index (κ2) is 6.81. The fourth-order valence-corrected chi connectivity index (χ4v) is 1.70. The van der Waals surface area contributed by atoms with E-state index in [-0.39, 0.29) is 13.0 Å². The number of carbonyl (C=O) groups is 1. The minimum Gasteiger partial charge on any atom is -0.346 e. The summed E-state index contributed by atoms with van der Waals surface area (Å²) in [6, 6.07) is -1.72. The molecule has 0 aromatic rings. The largest absolute Gasteiger partial charge is 0.346 e. The van der Waals surface area contributed by atoms with E-state index in [1.807, 2.05) is 0 Å². The van der Waals surface area contributed by atoms with Gasteiger partial charge in [0.25, 0.3) is 0 Å².